The molecule has 24 heavy (non-hydrogen) atoms. The molecule has 138 valence electrons. The average molecular weight is 368 g/mol. The van der Waals surface area contributed by atoms with Gasteiger partial charge in [-0.15, -0.1) is 0 Å². The summed E-state index contributed by atoms with van der Waals surface area (Å²) in [4.78, 5) is 0. The van der Waals surface area contributed by atoms with Gasteiger partial charge in [0.1, 0.15) is 23.8 Å². The fourth-order valence-corrected chi connectivity index (χ4v) is 2.37. The van der Waals surface area contributed by atoms with Gasteiger partial charge < -0.3 is 14.9 Å². The van der Waals surface area contributed by atoms with Crippen LogP contribution in [0.2, 0.25) is 0 Å². The standard InChI is InChI=1S/C15H22F2O6S/c1-3-4-5-14(18)22-9-15(19,10-23-24(2,20)21)12-7-6-11(16)8-13(12)17/h6-8,14,18-19H,3-5,9-10H2,1-2H3/t14?,15-/m0/s1. The van der Waals surface area contributed by atoms with Gasteiger partial charge in [-0.1, -0.05) is 19.4 Å². The van der Waals surface area contributed by atoms with Gasteiger partial charge in [0.15, 0.2) is 6.29 Å². The Morgan fingerprint density at radius 3 is 2.50 bits per heavy atom. The van der Waals surface area contributed by atoms with Crippen LogP contribution < -0.4 is 0 Å². The van der Waals surface area contributed by atoms with Gasteiger partial charge in [0, 0.05) is 11.6 Å². The number of benzene rings is 1. The summed E-state index contributed by atoms with van der Waals surface area (Å²) in [5, 5.41) is 20.3. The van der Waals surface area contributed by atoms with Gasteiger partial charge in [0.2, 0.25) is 0 Å². The molecule has 2 atom stereocenters. The molecule has 1 aromatic rings. The van der Waals surface area contributed by atoms with E-state index in [-0.39, 0.29) is 0 Å². The van der Waals surface area contributed by atoms with Gasteiger partial charge in [-0.3, -0.25) is 4.18 Å². The van der Waals surface area contributed by atoms with Crippen LogP contribution in [-0.2, 0) is 24.6 Å². The first-order valence-electron chi connectivity index (χ1n) is 7.39. The summed E-state index contributed by atoms with van der Waals surface area (Å²) in [6, 6.07) is 2.43. The molecule has 2 N–H and O–H groups in total. The largest absolute Gasteiger partial charge is 0.380 e. The molecule has 1 unspecified atom stereocenters. The minimum absolute atomic E-state index is 0.297. The quantitative estimate of drug-likeness (QED) is 0.482. The van der Waals surface area contributed by atoms with Crippen LogP contribution in [0.1, 0.15) is 31.7 Å². The lowest BCUT2D eigenvalue weighted by molar-refractivity contribution is -0.162. The molecule has 1 rings (SSSR count). The Morgan fingerprint density at radius 1 is 1.29 bits per heavy atom. The Hall–Kier alpha value is -1.13. The summed E-state index contributed by atoms with van der Waals surface area (Å²) < 4.78 is 58.9. The van der Waals surface area contributed by atoms with Crippen molar-refractivity contribution in [1.29, 1.82) is 0 Å². The second-order valence-corrected chi connectivity index (χ2v) is 7.17. The van der Waals surface area contributed by atoms with Crippen molar-refractivity contribution in [2.45, 2.75) is 38.1 Å². The van der Waals surface area contributed by atoms with Gasteiger partial charge in [-0.25, -0.2) is 8.78 Å². The first-order chi connectivity index (χ1) is 11.1. The minimum Gasteiger partial charge on any atom is -0.380 e. The molecule has 9 heteroatoms. The molecule has 0 heterocycles. The summed E-state index contributed by atoms with van der Waals surface area (Å²) >= 11 is 0. The predicted octanol–water partition coefficient (Wildman–Crippen LogP) is 1.65. The van der Waals surface area contributed by atoms with Gasteiger partial charge in [0.25, 0.3) is 10.1 Å². The van der Waals surface area contributed by atoms with E-state index >= 15 is 0 Å². The molecule has 0 aliphatic rings. The molecule has 0 saturated carbocycles. The molecule has 0 amide bonds. The number of aliphatic hydroxyl groups excluding tert-OH is 1. The van der Waals surface area contributed by atoms with Gasteiger partial charge in [-0.2, -0.15) is 8.42 Å². The third-order valence-electron chi connectivity index (χ3n) is 3.26. The lowest BCUT2D eigenvalue weighted by atomic mass is 9.95. The lowest BCUT2D eigenvalue weighted by Crippen LogP contribution is -2.40. The van der Waals surface area contributed by atoms with E-state index in [1.807, 2.05) is 6.92 Å². The molecule has 0 aromatic heterocycles. The van der Waals surface area contributed by atoms with Crippen LogP contribution in [0, 0.1) is 11.6 Å². The average Bonchev–Trinajstić information content (AvgIpc) is 2.48. The molecule has 0 saturated heterocycles. The zero-order valence-corrected chi connectivity index (χ0v) is 14.4. The molecule has 6 nitrogen and oxygen atoms in total. The molecular weight excluding hydrogens is 346 g/mol. The van der Waals surface area contributed by atoms with Crippen LogP contribution in [0.5, 0.6) is 0 Å². The van der Waals surface area contributed by atoms with Crippen molar-refractivity contribution in [3.05, 3.63) is 35.4 Å². The lowest BCUT2D eigenvalue weighted by Gasteiger charge is -2.29. The van der Waals surface area contributed by atoms with Crippen LogP contribution in [0.25, 0.3) is 0 Å². The molecule has 0 radical (unpaired) electrons. The van der Waals surface area contributed by atoms with Crippen molar-refractivity contribution in [3.63, 3.8) is 0 Å². The monoisotopic (exact) mass is 368 g/mol. The summed E-state index contributed by atoms with van der Waals surface area (Å²) in [6.07, 6.45) is 1.34. The smallest absolute Gasteiger partial charge is 0.264 e. The molecule has 1 aromatic carbocycles. The van der Waals surface area contributed by atoms with Crippen molar-refractivity contribution < 1.29 is 36.3 Å². The second-order valence-electron chi connectivity index (χ2n) is 5.53. The van der Waals surface area contributed by atoms with E-state index in [1.165, 1.54) is 0 Å². The van der Waals surface area contributed by atoms with Crippen molar-refractivity contribution in [2.24, 2.45) is 0 Å². The number of ether oxygens (including phenoxy) is 1. The highest BCUT2D eigenvalue weighted by Gasteiger charge is 2.35. The molecule has 0 fully saturated rings. The Morgan fingerprint density at radius 2 is 1.96 bits per heavy atom. The maximum Gasteiger partial charge on any atom is 0.264 e. The predicted molar refractivity (Wildman–Crippen MR) is 82.5 cm³/mol. The third-order valence-corrected chi connectivity index (χ3v) is 3.81. The molecule has 0 aliphatic carbocycles. The highest BCUT2D eigenvalue weighted by atomic mass is 32.2. The summed E-state index contributed by atoms with van der Waals surface area (Å²) in [5.41, 5.74) is -2.61. The molecular formula is C15H22F2O6S. The topological polar surface area (TPSA) is 93.1 Å². The van der Waals surface area contributed by atoms with E-state index in [1.54, 1.807) is 0 Å². The van der Waals surface area contributed by atoms with Crippen LogP contribution >= 0.6 is 0 Å². The van der Waals surface area contributed by atoms with Crippen molar-refractivity contribution >= 4 is 10.1 Å². The van der Waals surface area contributed by atoms with E-state index in [9.17, 15) is 27.4 Å². The van der Waals surface area contributed by atoms with Crippen molar-refractivity contribution in [3.8, 4) is 0 Å². The van der Waals surface area contributed by atoms with Crippen molar-refractivity contribution in [2.75, 3.05) is 19.5 Å². The van der Waals surface area contributed by atoms with Crippen molar-refractivity contribution in [1.82, 2.24) is 0 Å². The minimum atomic E-state index is -3.91. The zero-order chi connectivity index (χ0) is 18.4. The first kappa shape index (κ1) is 20.9. The van der Waals surface area contributed by atoms with Crippen LogP contribution in [-0.4, -0.2) is 44.4 Å². The fourth-order valence-electron chi connectivity index (χ4n) is 1.96. The van der Waals surface area contributed by atoms with Crippen LogP contribution in [0.15, 0.2) is 18.2 Å². The fraction of sp³-hybridized carbons (Fsp3) is 0.600. The van der Waals surface area contributed by atoms with Gasteiger partial charge in [0.05, 0.1) is 12.9 Å². The first-order valence-corrected chi connectivity index (χ1v) is 9.21. The maximum absolute atomic E-state index is 14.0. The highest BCUT2D eigenvalue weighted by molar-refractivity contribution is 7.85. The van der Waals surface area contributed by atoms with E-state index in [0.29, 0.717) is 18.9 Å². The number of aliphatic hydroxyl groups is 2. The number of hydrogen-bond acceptors (Lipinski definition) is 6. The number of hydrogen-bond donors (Lipinski definition) is 2. The summed E-state index contributed by atoms with van der Waals surface area (Å²) in [7, 11) is -3.91. The van der Waals surface area contributed by atoms with E-state index in [0.717, 1.165) is 24.8 Å². The van der Waals surface area contributed by atoms with E-state index < -0.39 is 52.4 Å². The molecule has 0 bridgehead atoms. The summed E-state index contributed by atoms with van der Waals surface area (Å²) in [6.45, 7) is 0.446. The van der Waals surface area contributed by atoms with Gasteiger partial charge in [-0.05, 0) is 18.9 Å². The Balaban J connectivity index is 2.98. The van der Waals surface area contributed by atoms with Crippen LogP contribution in [0.4, 0.5) is 8.78 Å². The highest BCUT2D eigenvalue weighted by Crippen LogP contribution is 2.27. The number of rotatable bonds is 10. The number of halogens is 2. The Kier molecular flexibility index (Phi) is 7.68. The summed E-state index contributed by atoms with van der Waals surface area (Å²) in [5.74, 6) is -1.94. The zero-order valence-electron chi connectivity index (χ0n) is 13.5. The molecule has 0 aliphatic heterocycles. The second kappa shape index (κ2) is 8.82. The molecule has 0 spiro atoms. The van der Waals surface area contributed by atoms with E-state index in [2.05, 4.69) is 4.18 Å². The Labute approximate surface area is 140 Å². The van der Waals surface area contributed by atoms with Crippen LogP contribution in [0.3, 0.4) is 0 Å². The normalized spacial score (nSPS) is 15.9. The Bertz CT molecular complexity index is 637. The number of unbranched alkanes of at least 4 members (excludes halogenated alkanes) is 1. The third kappa shape index (κ3) is 6.78. The SMILES string of the molecule is CCCCC(O)OC[C@](O)(COS(C)(=O)=O)c1ccc(F)cc1F. The maximum atomic E-state index is 14.0. The van der Waals surface area contributed by atoms with Gasteiger partial charge >= 0.3 is 0 Å². The van der Waals surface area contributed by atoms with E-state index in [4.69, 9.17) is 4.74 Å².